The second-order valence-electron chi connectivity index (χ2n) is 8.47. The van der Waals surface area contributed by atoms with Crippen molar-refractivity contribution in [3.05, 3.63) is 119 Å². The van der Waals surface area contributed by atoms with Crippen LogP contribution in [0.1, 0.15) is 22.3 Å². The van der Waals surface area contributed by atoms with Crippen molar-refractivity contribution in [3.63, 3.8) is 0 Å². The van der Waals surface area contributed by atoms with Gasteiger partial charge in [-0.2, -0.15) is 0 Å². The van der Waals surface area contributed by atoms with Crippen molar-refractivity contribution < 1.29 is 4.74 Å². The van der Waals surface area contributed by atoms with Crippen LogP contribution in [0.4, 0.5) is 0 Å². The summed E-state index contributed by atoms with van der Waals surface area (Å²) in [5, 5.41) is 3.56. The first-order valence-electron chi connectivity index (χ1n) is 10.9. The number of benzene rings is 4. The minimum absolute atomic E-state index is 0.744. The molecule has 4 aromatic carbocycles. The maximum atomic E-state index is 8.28. The molecular formula is C29H30ClOP. The van der Waals surface area contributed by atoms with Crippen LogP contribution < -0.4 is 20.7 Å². The second kappa shape index (κ2) is 8.74. The van der Waals surface area contributed by atoms with E-state index in [1.807, 2.05) is 0 Å². The predicted octanol–water partition coefficient (Wildman–Crippen LogP) is 6.80. The van der Waals surface area contributed by atoms with Crippen molar-refractivity contribution in [2.24, 2.45) is 0 Å². The van der Waals surface area contributed by atoms with Crippen molar-refractivity contribution >= 4 is 33.1 Å². The molecule has 0 aromatic heterocycles. The number of rotatable bonds is 6. The SMILES string of the molecule is COc1cc(C)c(CP(Cl)(c2ccccc2)(c2ccccc2)c2ccccc2)c(C)c1C. The molecule has 0 radical (unpaired) electrons. The van der Waals surface area contributed by atoms with Gasteiger partial charge < -0.3 is 0 Å². The molecule has 0 heterocycles. The minimum atomic E-state index is -3.37. The first-order valence-corrected chi connectivity index (χ1v) is 14.3. The van der Waals surface area contributed by atoms with Crippen LogP contribution >= 0.6 is 17.2 Å². The Morgan fingerprint density at radius 3 is 1.44 bits per heavy atom. The Bertz CT molecular complexity index is 1120. The van der Waals surface area contributed by atoms with Gasteiger partial charge in [0.15, 0.2) is 0 Å². The van der Waals surface area contributed by atoms with E-state index in [-0.39, 0.29) is 0 Å². The summed E-state index contributed by atoms with van der Waals surface area (Å²) in [6, 6.07) is 34.1. The molecule has 0 fully saturated rings. The van der Waals surface area contributed by atoms with E-state index >= 15 is 0 Å². The normalized spacial score (nSPS) is 12.7. The predicted molar refractivity (Wildman–Crippen MR) is 142 cm³/mol. The quantitative estimate of drug-likeness (QED) is 0.287. The van der Waals surface area contributed by atoms with Crippen LogP contribution in [0.25, 0.3) is 0 Å². The fraction of sp³-hybridized carbons (Fsp3) is 0.172. The van der Waals surface area contributed by atoms with Gasteiger partial charge in [-0.3, -0.25) is 0 Å². The monoisotopic (exact) mass is 460 g/mol. The Kier molecular flexibility index (Phi) is 6.17. The number of hydrogen-bond acceptors (Lipinski definition) is 1. The molecule has 4 aromatic rings. The molecule has 1 nitrogen and oxygen atoms in total. The number of methoxy groups -OCH3 is 1. The molecule has 4 rings (SSSR count). The van der Waals surface area contributed by atoms with Gasteiger partial charge in [0.25, 0.3) is 0 Å². The Balaban J connectivity index is 2.12. The Morgan fingerprint density at radius 1 is 0.656 bits per heavy atom. The van der Waals surface area contributed by atoms with E-state index in [9.17, 15) is 0 Å². The third kappa shape index (κ3) is 3.54. The standard InChI is InChI=1S/C29H30ClOP/c1-22-20-29(31-4)24(3)23(2)28(22)21-32(30,25-14-8-5-9-15-25,26-16-10-6-11-17-26)27-18-12-7-13-19-27/h5-20H,21H2,1-4H3. The topological polar surface area (TPSA) is 9.23 Å². The molecule has 0 bridgehead atoms. The zero-order valence-corrected chi connectivity index (χ0v) is 20.8. The molecule has 164 valence electrons. The van der Waals surface area contributed by atoms with Gasteiger partial charge in [0.2, 0.25) is 0 Å². The van der Waals surface area contributed by atoms with Crippen molar-refractivity contribution in [1.82, 2.24) is 0 Å². The van der Waals surface area contributed by atoms with Crippen molar-refractivity contribution in [2.75, 3.05) is 7.11 Å². The van der Waals surface area contributed by atoms with Crippen LogP contribution in [-0.4, -0.2) is 7.11 Å². The van der Waals surface area contributed by atoms with Gasteiger partial charge in [0, 0.05) is 0 Å². The molecule has 32 heavy (non-hydrogen) atoms. The van der Waals surface area contributed by atoms with Crippen LogP contribution in [0.5, 0.6) is 5.75 Å². The Hall–Kier alpha value is -2.60. The number of halogens is 1. The summed E-state index contributed by atoms with van der Waals surface area (Å²) in [5.41, 5.74) is 4.93. The summed E-state index contributed by atoms with van der Waals surface area (Å²) in [6.07, 6.45) is 0.744. The van der Waals surface area contributed by atoms with E-state index < -0.39 is 5.96 Å². The summed E-state index contributed by atoms with van der Waals surface area (Å²) in [7, 11) is 1.74. The average molecular weight is 461 g/mol. The van der Waals surface area contributed by atoms with E-state index in [1.54, 1.807) is 7.11 Å². The zero-order valence-electron chi connectivity index (χ0n) is 19.2. The molecule has 0 saturated heterocycles. The maximum absolute atomic E-state index is 8.28. The van der Waals surface area contributed by atoms with Crippen LogP contribution in [0.2, 0.25) is 0 Å². The number of aryl methyl sites for hydroxylation is 1. The van der Waals surface area contributed by atoms with Gasteiger partial charge in [-0.1, -0.05) is 0 Å². The molecule has 0 N–H and O–H groups in total. The Morgan fingerprint density at radius 2 is 1.06 bits per heavy atom. The van der Waals surface area contributed by atoms with Crippen LogP contribution in [0.3, 0.4) is 0 Å². The van der Waals surface area contributed by atoms with E-state index in [2.05, 4.69) is 118 Å². The molecule has 0 unspecified atom stereocenters. The van der Waals surface area contributed by atoms with Crippen LogP contribution in [-0.2, 0) is 6.16 Å². The fourth-order valence-electron chi connectivity index (χ4n) is 4.79. The van der Waals surface area contributed by atoms with Crippen molar-refractivity contribution in [3.8, 4) is 5.75 Å². The summed E-state index contributed by atoms with van der Waals surface area (Å²) >= 11 is 8.28. The van der Waals surface area contributed by atoms with E-state index in [0.29, 0.717) is 0 Å². The van der Waals surface area contributed by atoms with E-state index in [1.165, 1.54) is 38.2 Å². The molecule has 0 atom stereocenters. The first-order chi connectivity index (χ1) is 15.4. The fourth-order valence-corrected chi connectivity index (χ4v) is 11.1. The van der Waals surface area contributed by atoms with Gasteiger partial charge in [0.1, 0.15) is 0 Å². The second-order valence-corrected chi connectivity index (χ2v) is 14.9. The van der Waals surface area contributed by atoms with E-state index in [4.69, 9.17) is 16.0 Å². The summed E-state index contributed by atoms with van der Waals surface area (Å²) in [6.45, 7) is 6.50. The number of ether oxygens (including phenoxy) is 1. The van der Waals surface area contributed by atoms with Crippen molar-refractivity contribution in [1.29, 1.82) is 0 Å². The summed E-state index contributed by atoms with van der Waals surface area (Å²) < 4.78 is 5.65. The summed E-state index contributed by atoms with van der Waals surface area (Å²) in [5.74, 6) is -2.44. The van der Waals surface area contributed by atoms with Crippen LogP contribution in [0, 0.1) is 20.8 Å². The molecule has 0 amide bonds. The van der Waals surface area contributed by atoms with E-state index in [0.717, 1.165) is 11.9 Å². The molecule has 0 aliphatic rings. The van der Waals surface area contributed by atoms with Gasteiger partial charge in [-0.15, -0.1) is 0 Å². The van der Waals surface area contributed by atoms with Crippen LogP contribution in [0.15, 0.2) is 97.1 Å². The van der Waals surface area contributed by atoms with Gasteiger partial charge in [-0.05, 0) is 0 Å². The molecule has 0 saturated carbocycles. The molecule has 3 heteroatoms. The molecular weight excluding hydrogens is 431 g/mol. The van der Waals surface area contributed by atoms with Crippen molar-refractivity contribution in [2.45, 2.75) is 26.9 Å². The molecule has 0 aliphatic heterocycles. The molecule has 0 aliphatic carbocycles. The number of hydrogen-bond donors (Lipinski definition) is 0. The zero-order chi connectivity index (χ0) is 22.8. The van der Waals surface area contributed by atoms with Gasteiger partial charge in [-0.25, -0.2) is 0 Å². The third-order valence-corrected chi connectivity index (χ3v) is 13.9. The summed E-state index contributed by atoms with van der Waals surface area (Å²) in [4.78, 5) is 0. The van der Waals surface area contributed by atoms with Gasteiger partial charge >= 0.3 is 197 Å². The first kappa shape index (κ1) is 22.6. The average Bonchev–Trinajstić information content (AvgIpc) is 2.85. The van der Waals surface area contributed by atoms with Gasteiger partial charge in [0.05, 0.1) is 0 Å². The Labute approximate surface area is 196 Å². The molecule has 0 spiro atoms. The third-order valence-electron chi connectivity index (χ3n) is 6.77.